The number of ketones is 1. The fourth-order valence-electron chi connectivity index (χ4n) is 1.83. The maximum Gasteiger partial charge on any atom is 0.157 e. The van der Waals surface area contributed by atoms with Gasteiger partial charge in [-0.3, -0.25) is 4.79 Å². The smallest absolute Gasteiger partial charge is 0.157 e. The van der Waals surface area contributed by atoms with Crippen molar-refractivity contribution in [2.75, 3.05) is 0 Å². The van der Waals surface area contributed by atoms with Crippen LogP contribution in [0.2, 0.25) is 0 Å². The van der Waals surface area contributed by atoms with Crippen molar-refractivity contribution in [1.82, 2.24) is 0 Å². The van der Waals surface area contributed by atoms with Crippen molar-refractivity contribution in [3.63, 3.8) is 0 Å². The molecule has 0 aromatic heterocycles. The Morgan fingerprint density at radius 2 is 2.08 bits per heavy atom. The molecule has 0 aromatic carbocycles. The van der Waals surface area contributed by atoms with Crippen molar-refractivity contribution in [2.45, 2.75) is 40.0 Å². The molecule has 0 aliphatic heterocycles. The molecule has 1 aliphatic rings. The van der Waals surface area contributed by atoms with E-state index in [1.54, 1.807) is 6.08 Å². The van der Waals surface area contributed by atoms with Gasteiger partial charge < -0.3 is 0 Å². The van der Waals surface area contributed by atoms with Gasteiger partial charge in [0.1, 0.15) is 0 Å². The molecule has 1 fully saturated rings. The maximum absolute atomic E-state index is 11.2. The van der Waals surface area contributed by atoms with Crippen LogP contribution < -0.4 is 0 Å². The van der Waals surface area contributed by atoms with Crippen molar-refractivity contribution in [1.29, 1.82) is 0 Å². The molecule has 1 rings (SSSR count). The lowest BCUT2D eigenvalue weighted by Crippen LogP contribution is -2.20. The van der Waals surface area contributed by atoms with Gasteiger partial charge in [-0.15, -0.1) is 0 Å². The van der Waals surface area contributed by atoms with E-state index in [1.807, 2.05) is 13.8 Å². The van der Waals surface area contributed by atoms with Crippen molar-refractivity contribution >= 4 is 5.78 Å². The molecular weight excluding hydrogens is 160 g/mol. The summed E-state index contributed by atoms with van der Waals surface area (Å²) >= 11 is 0. The van der Waals surface area contributed by atoms with Crippen molar-refractivity contribution in [2.24, 2.45) is 17.8 Å². The predicted octanol–water partition coefficient (Wildman–Crippen LogP) is 3.20. The first kappa shape index (κ1) is 10.5. The Hall–Kier alpha value is -0.590. The molecule has 0 saturated heterocycles. The minimum absolute atomic E-state index is 0.150. The van der Waals surface area contributed by atoms with E-state index in [1.165, 1.54) is 12.8 Å². The van der Waals surface area contributed by atoms with Crippen LogP contribution in [0.15, 0.2) is 12.2 Å². The second kappa shape index (κ2) is 4.59. The van der Waals surface area contributed by atoms with Crippen LogP contribution in [0.5, 0.6) is 0 Å². The van der Waals surface area contributed by atoms with Crippen LogP contribution in [0, 0.1) is 17.8 Å². The number of allylic oxidation sites excluding steroid dienone is 2. The summed E-state index contributed by atoms with van der Waals surface area (Å²) in [5.74, 6) is 2.18. The number of hydrogen-bond acceptors (Lipinski definition) is 1. The van der Waals surface area contributed by atoms with Crippen molar-refractivity contribution in [3.8, 4) is 0 Å². The van der Waals surface area contributed by atoms with Gasteiger partial charge in [-0.2, -0.15) is 0 Å². The minimum atomic E-state index is 0.150. The maximum atomic E-state index is 11.2. The van der Waals surface area contributed by atoms with E-state index < -0.39 is 0 Å². The third-order valence-electron chi connectivity index (χ3n) is 2.79. The van der Waals surface area contributed by atoms with Crippen molar-refractivity contribution in [3.05, 3.63) is 12.2 Å². The van der Waals surface area contributed by atoms with E-state index in [0.717, 1.165) is 18.3 Å². The Labute approximate surface area is 81.2 Å². The first-order valence-electron chi connectivity index (χ1n) is 5.30. The second-order valence-electron chi connectivity index (χ2n) is 4.64. The zero-order valence-electron chi connectivity index (χ0n) is 8.92. The minimum Gasteiger partial charge on any atom is -0.295 e. The van der Waals surface area contributed by atoms with Gasteiger partial charge in [-0.05, 0) is 37.2 Å². The molecule has 0 radical (unpaired) electrons. The summed E-state index contributed by atoms with van der Waals surface area (Å²) < 4.78 is 0. The van der Waals surface area contributed by atoms with Crippen LogP contribution in [0.4, 0.5) is 0 Å². The molecule has 0 N–H and O–H groups in total. The summed E-state index contributed by atoms with van der Waals surface area (Å²) in [5.41, 5.74) is 0. The average molecular weight is 180 g/mol. The Morgan fingerprint density at radius 3 is 2.54 bits per heavy atom. The Morgan fingerprint density at radius 1 is 1.46 bits per heavy atom. The summed E-state index contributed by atoms with van der Waals surface area (Å²) in [6.07, 6.45) is 7.61. The van der Waals surface area contributed by atoms with E-state index in [2.05, 4.69) is 13.0 Å². The van der Waals surface area contributed by atoms with Gasteiger partial charge in [0.25, 0.3) is 0 Å². The van der Waals surface area contributed by atoms with E-state index in [-0.39, 0.29) is 11.7 Å². The fourth-order valence-corrected chi connectivity index (χ4v) is 1.83. The summed E-state index contributed by atoms with van der Waals surface area (Å²) in [5, 5.41) is 0. The SMILES string of the molecule is CC1CC(C/C=C/C(=O)C(C)C)C1. The lowest BCUT2D eigenvalue weighted by atomic mass is 9.74. The highest BCUT2D eigenvalue weighted by Crippen LogP contribution is 2.35. The van der Waals surface area contributed by atoms with Crippen LogP contribution in [0.25, 0.3) is 0 Å². The summed E-state index contributed by atoms with van der Waals surface area (Å²) in [4.78, 5) is 11.2. The molecule has 0 spiro atoms. The zero-order chi connectivity index (χ0) is 9.84. The summed E-state index contributed by atoms with van der Waals surface area (Å²) in [7, 11) is 0. The van der Waals surface area contributed by atoms with Gasteiger partial charge in [0.2, 0.25) is 0 Å². The summed E-state index contributed by atoms with van der Waals surface area (Å²) in [6.45, 7) is 6.18. The molecule has 0 heterocycles. The standard InChI is InChI=1S/C12H20O/c1-9(2)12(13)6-4-5-11-7-10(3)8-11/h4,6,9-11H,5,7-8H2,1-3H3/b6-4+. The molecule has 1 saturated carbocycles. The normalized spacial score (nSPS) is 28.0. The van der Waals surface area contributed by atoms with E-state index >= 15 is 0 Å². The van der Waals surface area contributed by atoms with E-state index in [0.29, 0.717) is 0 Å². The van der Waals surface area contributed by atoms with E-state index in [9.17, 15) is 4.79 Å². The van der Waals surface area contributed by atoms with Crippen LogP contribution in [0.3, 0.4) is 0 Å². The molecular formula is C12H20O. The third kappa shape index (κ3) is 3.33. The predicted molar refractivity (Wildman–Crippen MR) is 55.5 cm³/mol. The van der Waals surface area contributed by atoms with Gasteiger partial charge >= 0.3 is 0 Å². The summed E-state index contributed by atoms with van der Waals surface area (Å²) in [6, 6.07) is 0. The Bertz CT molecular complexity index is 197. The second-order valence-corrected chi connectivity index (χ2v) is 4.64. The molecule has 0 unspecified atom stereocenters. The molecule has 74 valence electrons. The topological polar surface area (TPSA) is 17.1 Å². The van der Waals surface area contributed by atoms with Gasteiger partial charge in [-0.25, -0.2) is 0 Å². The van der Waals surface area contributed by atoms with Crippen LogP contribution in [-0.4, -0.2) is 5.78 Å². The molecule has 0 amide bonds. The fraction of sp³-hybridized carbons (Fsp3) is 0.750. The van der Waals surface area contributed by atoms with Crippen LogP contribution >= 0.6 is 0 Å². The number of carbonyl (C=O) groups is 1. The average Bonchev–Trinajstić information content (AvgIpc) is 2.00. The number of hydrogen-bond donors (Lipinski definition) is 0. The molecule has 0 atom stereocenters. The molecule has 1 nitrogen and oxygen atoms in total. The Kier molecular flexibility index (Phi) is 3.71. The first-order chi connectivity index (χ1) is 6.09. The molecule has 1 heteroatoms. The largest absolute Gasteiger partial charge is 0.295 e. The number of rotatable bonds is 4. The molecule has 1 aliphatic carbocycles. The first-order valence-corrected chi connectivity index (χ1v) is 5.30. The molecule has 13 heavy (non-hydrogen) atoms. The quantitative estimate of drug-likeness (QED) is 0.607. The molecule has 0 aromatic rings. The van der Waals surface area contributed by atoms with Gasteiger partial charge in [0.05, 0.1) is 0 Å². The van der Waals surface area contributed by atoms with Gasteiger partial charge in [0.15, 0.2) is 5.78 Å². The third-order valence-corrected chi connectivity index (χ3v) is 2.79. The Balaban J connectivity index is 2.15. The highest BCUT2D eigenvalue weighted by Gasteiger charge is 2.23. The van der Waals surface area contributed by atoms with E-state index in [4.69, 9.17) is 0 Å². The monoisotopic (exact) mass is 180 g/mol. The van der Waals surface area contributed by atoms with Crippen molar-refractivity contribution < 1.29 is 4.79 Å². The van der Waals surface area contributed by atoms with Gasteiger partial charge in [-0.1, -0.05) is 26.8 Å². The highest BCUT2D eigenvalue weighted by molar-refractivity contribution is 5.91. The zero-order valence-corrected chi connectivity index (χ0v) is 8.92. The van der Waals surface area contributed by atoms with Crippen LogP contribution in [-0.2, 0) is 4.79 Å². The highest BCUT2D eigenvalue weighted by atomic mass is 16.1. The number of carbonyl (C=O) groups excluding carboxylic acids is 1. The lowest BCUT2D eigenvalue weighted by molar-refractivity contribution is -0.117. The lowest BCUT2D eigenvalue weighted by Gasteiger charge is -2.31. The molecule has 0 bridgehead atoms. The van der Waals surface area contributed by atoms with Gasteiger partial charge in [0, 0.05) is 5.92 Å². The van der Waals surface area contributed by atoms with Crippen LogP contribution in [0.1, 0.15) is 40.0 Å².